The lowest BCUT2D eigenvalue weighted by atomic mass is 10.2. The minimum absolute atomic E-state index is 0.0239. The molecule has 0 aliphatic heterocycles. The molecular weight excluding hydrogens is 423 g/mol. The van der Waals surface area contributed by atoms with Crippen molar-refractivity contribution in [2.24, 2.45) is 0 Å². The van der Waals surface area contributed by atoms with Gasteiger partial charge in [-0.15, -0.1) is 11.3 Å². The highest BCUT2D eigenvalue weighted by Crippen LogP contribution is 2.36. The number of hydrogen-bond donors (Lipinski definition) is 2. The molecule has 0 saturated heterocycles. The number of rotatable bonds is 4. The van der Waals surface area contributed by atoms with Gasteiger partial charge in [0, 0.05) is 9.90 Å². The molecule has 0 unspecified atom stereocenters. The molecule has 11 heteroatoms. The summed E-state index contributed by atoms with van der Waals surface area (Å²) in [6.07, 6.45) is -4.56. The van der Waals surface area contributed by atoms with Crippen LogP contribution >= 0.6 is 22.9 Å². The van der Waals surface area contributed by atoms with Crippen LogP contribution in [-0.2, 0) is 16.2 Å². The Morgan fingerprint density at radius 2 is 1.89 bits per heavy atom. The second-order valence-electron chi connectivity index (χ2n) is 5.76. The van der Waals surface area contributed by atoms with Crippen LogP contribution in [0.4, 0.5) is 18.9 Å². The molecule has 0 atom stereocenters. The lowest BCUT2D eigenvalue weighted by molar-refractivity contribution is -0.141. The quantitative estimate of drug-likeness (QED) is 0.589. The number of hydrogen-bond acceptors (Lipinski definition) is 4. The molecule has 0 aliphatic rings. The summed E-state index contributed by atoms with van der Waals surface area (Å²) in [4.78, 5) is 0.703. The van der Waals surface area contributed by atoms with Crippen molar-refractivity contribution in [2.75, 3.05) is 4.72 Å². The maximum absolute atomic E-state index is 12.7. The molecule has 0 radical (unpaired) electrons. The topological polar surface area (TPSA) is 74.8 Å². The van der Waals surface area contributed by atoms with Gasteiger partial charge in [0.15, 0.2) is 0 Å². The van der Waals surface area contributed by atoms with Crippen LogP contribution in [0.15, 0.2) is 35.2 Å². The van der Waals surface area contributed by atoms with E-state index in [1.165, 1.54) is 12.1 Å². The van der Waals surface area contributed by atoms with Gasteiger partial charge in [0.25, 0.3) is 10.0 Å². The Balaban J connectivity index is 1.96. The fourth-order valence-corrected chi connectivity index (χ4v) is 5.20. The number of benzene rings is 1. The van der Waals surface area contributed by atoms with Crippen LogP contribution in [0.5, 0.6) is 0 Å². The minimum Gasteiger partial charge on any atom is -0.279 e. The molecule has 2 heterocycles. The monoisotopic (exact) mass is 435 g/mol. The van der Waals surface area contributed by atoms with Gasteiger partial charge in [-0.1, -0.05) is 17.7 Å². The largest absolute Gasteiger partial charge is 0.432 e. The Morgan fingerprint density at radius 1 is 1.19 bits per heavy atom. The molecule has 144 valence electrons. The fraction of sp³-hybridized carbons (Fsp3) is 0.188. The highest BCUT2D eigenvalue weighted by molar-refractivity contribution is 7.93. The zero-order chi connectivity index (χ0) is 20.0. The van der Waals surface area contributed by atoms with Crippen LogP contribution in [0.25, 0.3) is 10.6 Å². The Morgan fingerprint density at radius 3 is 2.52 bits per heavy atom. The molecule has 0 amide bonds. The molecule has 5 nitrogen and oxygen atoms in total. The highest BCUT2D eigenvalue weighted by atomic mass is 35.5. The summed E-state index contributed by atoms with van der Waals surface area (Å²) in [5, 5.41) is 5.92. The van der Waals surface area contributed by atoms with Gasteiger partial charge in [0.1, 0.15) is 16.3 Å². The van der Waals surface area contributed by atoms with Gasteiger partial charge in [0.2, 0.25) is 0 Å². The molecule has 27 heavy (non-hydrogen) atoms. The number of nitrogens with zero attached hydrogens (tertiary/aromatic N) is 1. The van der Waals surface area contributed by atoms with Gasteiger partial charge in [-0.3, -0.25) is 9.82 Å². The smallest absolute Gasteiger partial charge is 0.279 e. The van der Waals surface area contributed by atoms with Crippen molar-refractivity contribution in [1.82, 2.24) is 10.2 Å². The van der Waals surface area contributed by atoms with Crippen LogP contribution in [-0.4, -0.2) is 18.6 Å². The Kier molecular flexibility index (Phi) is 5.00. The van der Waals surface area contributed by atoms with Crippen molar-refractivity contribution < 1.29 is 21.6 Å². The SMILES string of the molecule is Cc1ccc(Cl)cc1NS(=O)(=O)c1cc(-c2cc(C(F)(F)F)[nH]n2)sc1C. The van der Waals surface area contributed by atoms with Gasteiger partial charge in [-0.2, -0.15) is 18.3 Å². The number of H-pyrrole nitrogens is 1. The normalized spacial score (nSPS) is 12.4. The second kappa shape index (κ2) is 6.84. The van der Waals surface area contributed by atoms with Gasteiger partial charge in [-0.05, 0) is 43.7 Å². The standard InChI is InChI=1S/C16H13ClF3N3O2S2/c1-8-3-4-10(17)5-11(8)23-27(24,25)14-7-13(26-9(14)2)12-6-15(22-21-12)16(18,19)20/h3-7,23H,1-2H3,(H,21,22). The van der Waals surface area contributed by atoms with Crippen LogP contribution < -0.4 is 4.72 Å². The number of halogens is 4. The van der Waals surface area contributed by atoms with Gasteiger partial charge in [0.05, 0.1) is 10.6 Å². The number of alkyl halides is 3. The third-order valence-corrected chi connectivity index (χ3v) is 6.67. The van der Waals surface area contributed by atoms with E-state index in [1.54, 1.807) is 26.0 Å². The van der Waals surface area contributed by atoms with E-state index in [4.69, 9.17) is 11.6 Å². The predicted octanol–water partition coefficient (Wildman–Crippen LogP) is 5.23. The Hall–Kier alpha value is -2.04. The van der Waals surface area contributed by atoms with Gasteiger partial charge in [-0.25, -0.2) is 8.42 Å². The number of thiophene rings is 1. The molecule has 3 rings (SSSR count). The third-order valence-electron chi connectivity index (χ3n) is 3.74. The van der Waals surface area contributed by atoms with Crippen LogP contribution in [0.3, 0.4) is 0 Å². The average molecular weight is 436 g/mol. The first kappa shape index (κ1) is 19.7. The van der Waals surface area contributed by atoms with Crippen LogP contribution in [0, 0.1) is 13.8 Å². The molecule has 0 bridgehead atoms. The first-order chi connectivity index (χ1) is 12.5. The summed E-state index contributed by atoms with van der Waals surface area (Å²) in [5.74, 6) is 0. The van der Waals surface area contributed by atoms with E-state index in [-0.39, 0.29) is 10.6 Å². The molecule has 0 fully saturated rings. The summed E-state index contributed by atoms with van der Waals surface area (Å²) >= 11 is 6.95. The molecular formula is C16H13ClF3N3O2S2. The molecule has 1 aromatic carbocycles. The van der Waals surface area contributed by atoms with E-state index in [0.717, 1.165) is 17.4 Å². The highest BCUT2D eigenvalue weighted by Gasteiger charge is 2.33. The molecule has 0 saturated carbocycles. The van der Waals surface area contributed by atoms with Crippen molar-refractivity contribution >= 4 is 38.6 Å². The molecule has 0 spiro atoms. The van der Waals surface area contributed by atoms with Gasteiger partial charge >= 0.3 is 6.18 Å². The summed E-state index contributed by atoms with van der Waals surface area (Å²) in [5.41, 5.74) is 0.0310. The third kappa shape index (κ3) is 4.12. The van der Waals surface area contributed by atoms with E-state index >= 15 is 0 Å². The number of aryl methyl sites for hydroxylation is 2. The second-order valence-corrected chi connectivity index (χ2v) is 9.10. The summed E-state index contributed by atoms with van der Waals surface area (Å²) < 4.78 is 66.1. The maximum atomic E-state index is 12.7. The van der Waals surface area contributed by atoms with E-state index in [0.29, 0.717) is 26.0 Å². The lowest BCUT2D eigenvalue weighted by Crippen LogP contribution is -2.13. The van der Waals surface area contributed by atoms with Crippen LogP contribution in [0.1, 0.15) is 16.1 Å². The van der Waals surface area contributed by atoms with E-state index in [9.17, 15) is 21.6 Å². The number of sulfonamides is 1. The maximum Gasteiger partial charge on any atom is 0.432 e. The summed E-state index contributed by atoms with van der Waals surface area (Å²) in [6, 6.07) is 6.95. The average Bonchev–Trinajstić information content (AvgIpc) is 3.17. The van der Waals surface area contributed by atoms with Crippen molar-refractivity contribution in [2.45, 2.75) is 24.9 Å². The number of anilines is 1. The number of nitrogens with one attached hydrogen (secondary N) is 2. The van der Waals surface area contributed by atoms with Crippen molar-refractivity contribution in [3.63, 3.8) is 0 Å². The summed E-state index contributed by atoms with van der Waals surface area (Å²) in [6.45, 7) is 3.30. The number of aromatic amines is 1. The Bertz CT molecular complexity index is 1100. The molecule has 3 aromatic rings. The fourth-order valence-electron chi connectivity index (χ4n) is 2.36. The van der Waals surface area contributed by atoms with Crippen LogP contribution in [0.2, 0.25) is 5.02 Å². The van der Waals surface area contributed by atoms with E-state index < -0.39 is 21.9 Å². The van der Waals surface area contributed by atoms with Crippen molar-refractivity contribution in [1.29, 1.82) is 0 Å². The number of aromatic nitrogens is 2. The molecule has 2 N–H and O–H groups in total. The lowest BCUT2D eigenvalue weighted by Gasteiger charge is -2.10. The van der Waals surface area contributed by atoms with E-state index in [2.05, 4.69) is 9.82 Å². The first-order valence-corrected chi connectivity index (χ1v) is 10.2. The van der Waals surface area contributed by atoms with E-state index in [1.807, 2.05) is 5.10 Å². The summed E-state index contributed by atoms with van der Waals surface area (Å²) in [7, 11) is -3.95. The molecule has 2 aromatic heterocycles. The van der Waals surface area contributed by atoms with Crippen molar-refractivity contribution in [3.8, 4) is 10.6 Å². The van der Waals surface area contributed by atoms with Crippen molar-refractivity contribution in [3.05, 3.63) is 51.5 Å². The molecule has 0 aliphatic carbocycles. The Labute approximate surface area is 162 Å². The predicted molar refractivity (Wildman–Crippen MR) is 98.6 cm³/mol. The van der Waals surface area contributed by atoms with Gasteiger partial charge < -0.3 is 0 Å². The minimum atomic E-state index is -4.56. The first-order valence-electron chi connectivity index (χ1n) is 7.50. The zero-order valence-electron chi connectivity index (χ0n) is 14.0. The zero-order valence-corrected chi connectivity index (χ0v) is 16.4.